The molecule has 0 aliphatic heterocycles. The van der Waals surface area contributed by atoms with Crippen LogP contribution >= 0.6 is 0 Å². The van der Waals surface area contributed by atoms with E-state index in [1.54, 1.807) is 0 Å². The maximum Gasteiger partial charge on any atom is 0.385 e. The Bertz CT molecular complexity index is 466. The lowest BCUT2D eigenvalue weighted by Crippen LogP contribution is -1.93. The minimum atomic E-state index is -0.636. The van der Waals surface area contributed by atoms with Gasteiger partial charge in [0.25, 0.3) is 0 Å². The molecule has 1 aromatic rings. The first-order valence-corrected chi connectivity index (χ1v) is 4.08. The van der Waals surface area contributed by atoms with Crippen molar-refractivity contribution in [2.45, 2.75) is 0 Å². The first-order valence-electron chi connectivity index (χ1n) is 4.08. The second kappa shape index (κ2) is 5.47. The average Bonchev–Trinajstić information content (AvgIpc) is 2.26. The SMILES string of the molecule is COC(=O)C#CC#Cc1ccc(F)cc1. The van der Waals surface area contributed by atoms with E-state index in [1.165, 1.54) is 31.4 Å². The lowest BCUT2D eigenvalue weighted by molar-refractivity contribution is -0.133. The van der Waals surface area contributed by atoms with Crippen LogP contribution in [-0.2, 0) is 9.53 Å². The molecule has 0 heterocycles. The molecule has 0 radical (unpaired) electrons. The van der Waals surface area contributed by atoms with E-state index in [0.717, 1.165) is 0 Å². The van der Waals surface area contributed by atoms with Crippen molar-refractivity contribution < 1.29 is 13.9 Å². The van der Waals surface area contributed by atoms with Crippen molar-refractivity contribution in [1.29, 1.82) is 0 Å². The average molecular weight is 202 g/mol. The van der Waals surface area contributed by atoms with E-state index in [0.29, 0.717) is 5.56 Å². The zero-order chi connectivity index (χ0) is 11.1. The van der Waals surface area contributed by atoms with Crippen molar-refractivity contribution in [1.82, 2.24) is 0 Å². The number of hydrogen-bond donors (Lipinski definition) is 0. The molecular formula is C12H7FO2. The lowest BCUT2D eigenvalue weighted by Gasteiger charge is -1.87. The molecular weight excluding hydrogens is 195 g/mol. The Labute approximate surface area is 87.1 Å². The molecule has 0 atom stereocenters. The number of ether oxygens (including phenoxy) is 1. The van der Waals surface area contributed by atoms with Crippen LogP contribution in [0.1, 0.15) is 5.56 Å². The largest absolute Gasteiger partial charge is 0.459 e. The Morgan fingerprint density at radius 1 is 1.27 bits per heavy atom. The molecule has 74 valence electrons. The molecule has 0 saturated carbocycles. The van der Waals surface area contributed by atoms with Crippen molar-refractivity contribution in [2.75, 3.05) is 7.11 Å². The number of methoxy groups -OCH3 is 1. The van der Waals surface area contributed by atoms with Crippen molar-refractivity contribution in [2.24, 2.45) is 0 Å². The second-order valence-electron chi connectivity index (χ2n) is 2.50. The van der Waals surface area contributed by atoms with Gasteiger partial charge in [-0.3, -0.25) is 0 Å². The standard InChI is InChI=1S/C12H7FO2/c1-15-12(14)5-3-2-4-10-6-8-11(13)9-7-10/h6-9H,1H3. The van der Waals surface area contributed by atoms with Crippen LogP contribution in [0, 0.1) is 29.5 Å². The van der Waals surface area contributed by atoms with Crippen LogP contribution in [0.15, 0.2) is 24.3 Å². The molecule has 2 nitrogen and oxygen atoms in total. The van der Waals surface area contributed by atoms with E-state index in [2.05, 4.69) is 28.4 Å². The zero-order valence-corrected chi connectivity index (χ0v) is 8.00. The molecule has 3 heteroatoms. The summed E-state index contributed by atoms with van der Waals surface area (Å²) in [4.78, 5) is 10.6. The van der Waals surface area contributed by atoms with Crippen LogP contribution in [-0.4, -0.2) is 13.1 Å². The van der Waals surface area contributed by atoms with Crippen LogP contribution in [0.3, 0.4) is 0 Å². The summed E-state index contributed by atoms with van der Waals surface area (Å²) in [5, 5.41) is 0. The van der Waals surface area contributed by atoms with E-state index in [-0.39, 0.29) is 5.82 Å². The topological polar surface area (TPSA) is 26.3 Å². The summed E-state index contributed by atoms with van der Waals surface area (Å²) in [7, 11) is 1.24. The summed E-state index contributed by atoms with van der Waals surface area (Å²) in [5.74, 6) is 8.63. The number of rotatable bonds is 0. The highest BCUT2D eigenvalue weighted by atomic mass is 19.1. The monoisotopic (exact) mass is 202 g/mol. The highest BCUT2D eigenvalue weighted by Gasteiger charge is 1.88. The van der Waals surface area contributed by atoms with Crippen LogP contribution in [0.25, 0.3) is 0 Å². The van der Waals surface area contributed by atoms with Crippen molar-refractivity contribution in [3.05, 3.63) is 35.6 Å². The smallest absolute Gasteiger partial charge is 0.385 e. The molecule has 0 amide bonds. The van der Waals surface area contributed by atoms with Crippen molar-refractivity contribution in [3.8, 4) is 23.7 Å². The summed E-state index contributed by atoms with van der Waals surface area (Å²) in [6.45, 7) is 0. The Kier molecular flexibility index (Phi) is 3.94. The molecule has 1 rings (SSSR count). The van der Waals surface area contributed by atoms with Gasteiger partial charge in [-0.05, 0) is 36.1 Å². The summed E-state index contributed by atoms with van der Waals surface area (Å²) in [5.41, 5.74) is 0.635. The lowest BCUT2D eigenvalue weighted by atomic mass is 10.2. The molecule has 15 heavy (non-hydrogen) atoms. The molecule has 0 aliphatic carbocycles. The van der Waals surface area contributed by atoms with Gasteiger partial charge < -0.3 is 4.74 Å². The van der Waals surface area contributed by atoms with Crippen LogP contribution in [0.2, 0.25) is 0 Å². The van der Waals surface area contributed by atoms with E-state index in [9.17, 15) is 9.18 Å². The van der Waals surface area contributed by atoms with Gasteiger partial charge in [-0.25, -0.2) is 9.18 Å². The van der Waals surface area contributed by atoms with Crippen LogP contribution in [0.5, 0.6) is 0 Å². The Hall–Kier alpha value is -2.26. The predicted octanol–water partition coefficient (Wildman–Crippen LogP) is 1.35. The molecule has 0 aromatic heterocycles. The summed E-state index contributed by atoms with van der Waals surface area (Å²) in [6.07, 6.45) is 0. The molecule has 0 unspecified atom stereocenters. The highest BCUT2D eigenvalue weighted by Crippen LogP contribution is 1.99. The van der Waals surface area contributed by atoms with Crippen LogP contribution < -0.4 is 0 Å². The van der Waals surface area contributed by atoms with Gasteiger partial charge >= 0.3 is 5.97 Å². The third-order valence-corrected chi connectivity index (χ3v) is 1.46. The predicted molar refractivity (Wildman–Crippen MR) is 53.1 cm³/mol. The molecule has 0 fully saturated rings. The Balaban J connectivity index is 2.69. The molecule has 0 bridgehead atoms. The second-order valence-corrected chi connectivity index (χ2v) is 2.50. The third kappa shape index (κ3) is 3.97. The fraction of sp³-hybridized carbons (Fsp3) is 0.0833. The molecule has 1 aromatic carbocycles. The molecule has 0 N–H and O–H groups in total. The molecule has 0 saturated heterocycles. The van der Waals surface area contributed by atoms with Crippen LogP contribution in [0.4, 0.5) is 4.39 Å². The van der Waals surface area contributed by atoms with Crippen molar-refractivity contribution in [3.63, 3.8) is 0 Å². The summed E-state index contributed by atoms with van der Waals surface area (Å²) in [6, 6.07) is 5.67. The molecule has 0 aliphatic rings. The summed E-state index contributed by atoms with van der Waals surface area (Å²) >= 11 is 0. The van der Waals surface area contributed by atoms with Crippen molar-refractivity contribution >= 4 is 5.97 Å². The fourth-order valence-corrected chi connectivity index (χ4v) is 0.770. The summed E-state index contributed by atoms with van der Waals surface area (Å²) < 4.78 is 16.8. The number of halogens is 1. The number of esters is 1. The fourth-order valence-electron chi connectivity index (χ4n) is 0.770. The maximum absolute atomic E-state index is 12.5. The minimum absolute atomic E-state index is 0.318. The Morgan fingerprint density at radius 3 is 2.53 bits per heavy atom. The van der Waals surface area contributed by atoms with E-state index in [4.69, 9.17) is 0 Å². The zero-order valence-electron chi connectivity index (χ0n) is 8.00. The first kappa shape index (κ1) is 10.8. The minimum Gasteiger partial charge on any atom is -0.459 e. The maximum atomic E-state index is 12.5. The molecule has 0 spiro atoms. The van der Waals surface area contributed by atoms with Gasteiger partial charge in [-0.15, -0.1) is 0 Å². The van der Waals surface area contributed by atoms with Gasteiger partial charge in [0.2, 0.25) is 0 Å². The van der Waals surface area contributed by atoms with Gasteiger partial charge in [0.15, 0.2) is 0 Å². The Morgan fingerprint density at radius 2 is 1.93 bits per heavy atom. The van der Waals surface area contributed by atoms with Gasteiger partial charge in [0.05, 0.1) is 7.11 Å². The highest BCUT2D eigenvalue weighted by molar-refractivity contribution is 5.88. The quantitative estimate of drug-likeness (QED) is 0.360. The van der Waals surface area contributed by atoms with E-state index < -0.39 is 5.97 Å². The van der Waals surface area contributed by atoms with Gasteiger partial charge in [-0.2, -0.15) is 0 Å². The first-order chi connectivity index (χ1) is 7.22. The van der Waals surface area contributed by atoms with Gasteiger partial charge in [-0.1, -0.05) is 5.92 Å². The third-order valence-electron chi connectivity index (χ3n) is 1.46. The van der Waals surface area contributed by atoms with E-state index in [1.807, 2.05) is 0 Å². The number of carbonyl (C=O) groups excluding carboxylic acids is 1. The number of benzene rings is 1. The number of carbonyl (C=O) groups is 1. The van der Waals surface area contributed by atoms with E-state index >= 15 is 0 Å². The van der Waals surface area contributed by atoms with Gasteiger partial charge in [0.1, 0.15) is 5.82 Å². The normalized spacial score (nSPS) is 7.87. The number of hydrogen-bond acceptors (Lipinski definition) is 2. The van der Waals surface area contributed by atoms with Gasteiger partial charge in [0, 0.05) is 11.5 Å².